The van der Waals surface area contributed by atoms with Crippen LogP contribution in [0, 0.1) is 6.92 Å². The molecule has 2 rings (SSSR count). The maximum absolute atomic E-state index is 12.3. The van der Waals surface area contributed by atoms with Crippen molar-refractivity contribution in [3.63, 3.8) is 0 Å². The smallest absolute Gasteiger partial charge is 0.254 e. The molecule has 0 radical (unpaired) electrons. The molecule has 5 nitrogen and oxygen atoms in total. The molecule has 0 unspecified atom stereocenters. The zero-order chi connectivity index (χ0) is 11.8. The van der Waals surface area contributed by atoms with Gasteiger partial charge >= 0.3 is 0 Å². The summed E-state index contributed by atoms with van der Waals surface area (Å²) in [6.07, 6.45) is 1.45. The molecule has 1 fully saturated rings. The van der Waals surface area contributed by atoms with Gasteiger partial charge in [-0.3, -0.25) is 0 Å². The van der Waals surface area contributed by atoms with Crippen LogP contribution in [0.25, 0.3) is 0 Å². The molecule has 2 heterocycles. The average molecular weight is 261 g/mol. The number of sulfonamides is 1. The molecular weight excluding hydrogens is 246 g/mol. The summed E-state index contributed by atoms with van der Waals surface area (Å²) >= 11 is 1.23. The van der Waals surface area contributed by atoms with Crippen molar-refractivity contribution in [2.45, 2.75) is 24.1 Å². The van der Waals surface area contributed by atoms with Gasteiger partial charge in [0.05, 0.1) is 11.2 Å². The second-order valence-electron chi connectivity index (χ2n) is 3.87. The van der Waals surface area contributed by atoms with E-state index in [1.807, 2.05) is 13.8 Å². The molecule has 1 saturated heterocycles. The third-order valence-corrected chi connectivity index (χ3v) is 5.97. The number of piperazine rings is 1. The van der Waals surface area contributed by atoms with Gasteiger partial charge in [-0.25, -0.2) is 13.4 Å². The van der Waals surface area contributed by atoms with E-state index in [9.17, 15) is 8.42 Å². The number of thiazole rings is 1. The first-order valence-corrected chi connectivity index (χ1v) is 7.42. The highest BCUT2D eigenvalue weighted by atomic mass is 32.2. The molecule has 1 aliphatic rings. The minimum atomic E-state index is -3.34. The van der Waals surface area contributed by atoms with Gasteiger partial charge in [0.25, 0.3) is 10.0 Å². The second kappa shape index (κ2) is 4.40. The number of rotatable bonds is 2. The van der Waals surface area contributed by atoms with Crippen LogP contribution in [0.2, 0.25) is 0 Å². The lowest BCUT2D eigenvalue weighted by Gasteiger charge is -2.32. The molecule has 16 heavy (non-hydrogen) atoms. The third-order valence-electron chi connectivity index (χ3n) is 2.60. The summed E-state index contributed by atoms with van der Waals surface area (Å²) in [4.78, 5) is 4.00. The average Bonchev–Trinajstić information content (AvgIpc) is 2.66. The van der Waals surface area contributed by atoms with Gasteiger partial charge in [0, 0.05) is 25.7 Å². The summed E-state index contributed by atoms with van der Waals surface area (Å²) < 4.78 is 26.5. The van der Waals surface area contributed by atoms with Gasteiger partial charge in [-0.2, -0.15) is 4.31 Å². The molecule has 0 aliphatic carbocycles. The Balaban J connectivity index is 2.31. The molecule has 90 valence electrons. The van der Waals surface area contributed by atoms with Crippen LogP contribution in [-0.2, 0) is 10.0 Å². The van der Waals surface area contributed by atoms with Crippen LogP contribution in [-0.4, -0.2) is 43.4 Å². The predicted molar refractivity (Wildman–Crippen MR) is 63.1 cm³/mol. The van der Waals surface area contributed by atoms with Gasteiger partial charge in [-0.05, 0) is 13.8 Å². The number of aryl methyl sites for hydroxylation is 1. The van der Waals surface area contributed by atoms with Crippen LogP contribution in [0.1, 0.15) is 11.9 Å². The first-order chi connectivity index (χ1) is 7.51. The SMILES string of the molecule is Cc1ncc(S(=O)(=O)N2CCNC[C@H]2C)s1. The number of hydrogen-bond donors (Lipinski definition) is 1. The highest BCUT2D eigenvalue weighted by Crippen LogP contribution is 2.24. The van der Waals surface area contributed by atoms with Crippen LogP contribution in [0.4, 0.5) is 0 Å². The lowest BCUT2D eigenvalue weighted by atomic mass is 10.3. The molecule has 1 N–H and O–H groups in total. The lowest BCUT2D eigenvalue weighted by Crippen LogP contribution is -2.51. The summed E-state index contributed by atoms with van der Waals surface area (Å²) in [6, 6.07) is 0.00107. The normalized spacial score (nSPS) is 23.5. The number of aromatic nitrogens is 1. The number of nitrogens with zero attached hydrogens (tertiary/aromatic N) is 2. The van der Waals surface area contributed by atoms with E-state index in [4.69, 9.17) is 0 Å². The van der Waals surface area contributed by atoms with E-state index in [0.29, 0.717) is 23.8 Å². The van der Waals surface area contributed by atoms with Crippen LogP contribution >= 0.6 is 11.3 Å². The molecule has 0 saturated carbocycles. The summed E-state index contributed by atoms with van der Waals surface area (Å²) in [7, 11) is -3.34. The highest BCUT2D eigenvalue weighted by Gasteiger charge is 2.32. The van der Waals surface area contributed by atoms with Gasteiger partial charge in [-0.15, -0.1) is 11.3 Å². The van der Waals surface area contributed by atoms with Crippen molar-refractivity contribution in [1.29, 1.82) is 0 Å². The van der Waals surface area contributed by atoms with Crippen LogP contribution in [0.15, 0.2) is 10.4 Å². The Morgan fingerprint density at radius 1 is 1.62 bits per heavy atom. The van der Waals surface area contributed by atoms with E-state index >= 15 is 0 Å². The number of hydrogen-bond acceptors (Lipinski definition) is 5. The van der Waals surface area contributed by atoms with Gasteiger partial charge in [0.1, 0.15) is 0 Å². The van der Waals surface area contributed by atoms with E-state index in [2.05, 4.69) is 10.3 Å². The molecular formula is C9H15N3O2S2. The zero-order valence-corrected chi connectivity index (χ0v) is 10.9. The first kappa shape index (κ1) is 12.0. The quantitative estimate of drug-likeness (QED) is 0.839. The van der Waals surface area contributed by atoms with Gasteiger partial charge in [-0.1, -0.05) is 0 Å². The molecule has 0 aromatic carbocycles. The Morgan fingerprint density at radius 2 is 2.38 bits per heavy atom. The van der Waals surface area contributed by atoms with Crippen LogP contribution in [0.5, 0.6) is 0 Å². The number of nitrogens with one attached hydrogen (secondary N) is 1. The van der Waals surface area contributed by atoms with Crippen molar-refractivity contribution in [2.24, 2.45) is 0 Å². The molecule has 0 bridgehead atoms. The van der Waals surface area contributed by atoms with E-state index in [1.165, 1.54) is 17.5 Å². The Morgan fingerprint density at radius 3 is 2.94 bits per heavy atom. The summed E-state index contributed by atoms with van der Waals surface area (Å²) in [6.45, 7) is 5.67. The standard InChI is InChI=1S/C9H15N3O2S2/c1-7-5-10-3-4-12(7)16(13,14)9-6-11-8(2)15-9/h6-7,10H,3-5H2,1-2H3/t7-/m1/s1. The Kier molecular flexibility index (Phi) is 3.29. The highest BCUT2D eigenvalue weighted by molar-refractivity contribution is 7.91. The summed E-state index contributed by atoms with van der Waals surface area (Å²) in [5.74, 6) is 0. The molecule has 1 aliphatic heterocycles. The molecule has 1 aromatic rings. The Labute approximate surface area is 99.5 Å². The van der Waals surface area contributed by atoms with E-state index in [1.54, 1.807) is 4.31 Å². The summed E-state index contributed by atoms with van der Waals surface area (Å²) in [5, 5.41) is 3.95. The third kappa shape index (κ3) is 2.13. The molecule has 7 heteroatoms. The fourth-order valence-corrected chi connectivity index (χ4v) is 4.63. The Hall–Kier alpha value is -0.500. The van der Waals surface area contributed by atoms with E-state index < -0.39 is 10.0 Å². The molecule has 0 amide bonds. The van der Waals surface area contributed by atoms with Gasteiger partial charge < -0.3 is 5.32 Å². The van der Waals surface area contributed by atoms with Crippen molar-refractivity contribution in [3.8, 4) is 0 Å². The van der Waals surface area contributed by atoms with E-state index in [0.717, 1.165) is 5.01 Å². The minimum absolute atomic E-state index is 0.00107. The maximum Gasteiger partial charge on any atom is 0.254 e. The van der Waals surface area contributed by atoms with Crippen molar-refractivity contribution in [2.75, 3.05) is 19.6 Å². The van der Waals surface area contributed by atoms with Crippen molar-refractivity contribution >= 4 is 21.4 Å². The maximum atomic E-state index is 12.3. The van der Waals surface area contributed by atoms with Crippen molar-refractivity contribution < 1.29 is 8.42 Å². The molecule has 0 spiro atoms. The van der Waals surface area contributed by atoms with Crippen molar-refractivity contribution in [1.82, 2.24) is 14.6 Å². The molecule has 1 atom stereocenters. The fourth-order valence-electron chi connectivity index (χ4n) is 1.76. The van der Waals surface area contributed by atoms with Crippen LogP contribution < -0.4 is 5.32 Å². The van der Waals surface area contributed by atoms with Crippen LogP contribution in [0.3, 0.4) is 0 Å². The predicted octanol–water partition coefficient (Wildman–Crippen LogP) is 0.434. The summed E-state index contributed by atoms with van der Waals surface area (Å²) in [5.41, 5.74) is 0. The first-order valence-electron chi connectivity index (χ1n) is 5.17. The minimum Gasteiger partial charge on any atom is -0.314 e. The molecule has 1 aromatic heterocycles. The largest absolute Gasteiger partial charge is 0.314 e. The lowest BCUT2D eigenvalue weighted by molar-refractivity contribution is 0.284. The Bertz CT molecular complexity index is 469. The van der Waals surface area contributed by atoms with Gasteiger partial charge in [0.15, 0.2) is 4.21 Å². The topological polar surface area (TPSA) is 62.3 Å². The second-order valence-corrected chi connectivity index (χ2v) is 7.22. The van der Waals surface area contributed by atoms with E-state index in [-0.39, 0.29) is 6.04 Å². The zero-order valence-electron chi connectivity index (χ0n) is 9.30. The fraction of sp³-hybridized carbons (Fsp3) is 0.667. The van der Waals surface area contributed by atoms with Gasteiger partial charge in [0.2, 0.25) is 0 Å². The van der Waals surface area contributed by atoms with Crippen molar-refractivity contribution in [3.05, 3.63) is 11.2 Å². The monoisotopic (exact) mass is 261 g/mol.